The first-order valence-electron chi connectivity index (χ1n) is 5.63. The molecule has 0 spiro atoms. The summed E-state index contributed by atoms with van der Waals surface area (Å²) in [4.78, 5) is 11.2. The van der Waals surface area contributed by atoms with Crippen molar-refractivity contribution in [1.82, 2.24) is 15.8 Å². The molecule has 2 rings (SSSR count). The fourth-order valence-corrected chi connectivity index (χ4v) is 1.69. The molecule has 1 aliphatic rings. The monoisotopic (exact) mass is 223 g/mol. The van der Waals surface area contributed by atoms with Crippen LogP contribution in [-0.4, -0.2) is 24.2 Å². The number of nitrogens with zero attached hydrogens (tertiary/aromatic N) is 1. The maximum absolute atomic E-state index is 11.2. The van der Waals surface area contributed by atoms with Gasteiger partial charge in [-0.15, -0.1) is 0 Å². The minimum atomic E-state index is 0.0581. The van der Waals surface area contributed by atoms with Gasteiger partial charge < -0.3 is 15.2 Å². The number of carbonyl (C=O) groups is 1. The van der Waals surface area contributed by atoms with Crippen molar-refractivity contribution < 1.29 is 9.32 Å². The molecule has 0 saturated carbocycles. The maximum Gasteiger partial charge on any atom is 0.221 e. The lowest BCUT2D eigenvalue weighted by molar-refractivity contribution is -0.120. The summed E-state index contributed by atoms with van der Waals surface area (Å²) >= 11 is 0. The molecule has 0 bridgehead atoms. The van der Waals surface area contributed by atoms with Gasteiger partial charge in [0.05, 0.1) is 6.04 Å². The van der Waals surface area contributed by atoms with Crippen LogP contribution in [0.2, 0.25) is 0 Å². The third-order valence-corrected chi connectivity index (χ3v) is 2.72. The lowest BCUT2D eigenvalue weighted by Gasteiger charge is -2.11. The third-order valence-electron chi connectivity index (χ3n) is 2.72. The first kappa shape index (κ1) is 11.1. The summed E-state index contributed by atoms with van der Waals surface area (Å²) in [5.74, 6) is 1.30. The largest absolute Gasteiger partial charge is 0.361 e. The first-order chi connectivity index (χ1) is 7.66. The molecule has 88 valence electrons. The smallest absolute Gasteiger partial charge is 0.221 e. The highest BCUT2D eigenvalue weighted by atomic mass is 16.5. The highest BCUT2D eigenvalue weighted by molar-refractivity contribution is 5.76. The number of aromatic nitrogens is 1. The fourth-order valence-electron chi connectivity index (χ4n) is 1.69. The van der Waals surface area contributed by atoms with Gasteiger partial charge in [-0.25, -0.2) is 0 Å². The van der Waals surface area contributed by atoms with E-state index in [0.29, 0.717) is 25.4 Å². The van der Waals surface area contributed by atoms with E-state index in [0.717, 1.165) is 11.5 Å². The Bertz CT molecular complexity index is 373. The summed E-state index contributed by atoms with van der Waals surface area (Å²) in [6, 6.07) is 2.02. The van der Waals surface area contributed by atoms with E-state index in [1.54, 1.807) is 0 Å². The minimum Gasteiger partial charge on any atom is -0.361 e. The molecule has 16 heavy (non-hydrogen) atoms. The van der Waals surface area contributed by atoms with Gasteiger partial charge in [0.25, 0.3) is 0 Å². The van der Waals surface area contributed by atoms with Crippen LogP contribution in [0.3, 0.4) is 0 Å². The van der Waals surface area contributed by atoms with Crippen molar-refractivity contribution in [2.75, 3.05) is 13.1 Å². The molecule has 0 radical (unpaired) electrons. The van der Waals surface area contributed by atoms with Crippen molar-refractivity contribution in [3.63, 3.8) is 0 Å². The second-order valence-electron chi connectivity index (χ2n) is 4.37. The molecule has 1 saturated heterocycles. The van der Waals surface area contributed by atoms with E-state index in [9.17, 15) is 4.79 Å². The Hall–Kier alpha value is -1.36. The van der Waals surface area contributed by atoms with E-state index in [1.165, 1.54) is 0 Å². The molecule has 2 heterocycles. The average molecular weight is 223 g/mol. The van der Waals surface area contributed by atoms with Crippen LogP contribution in [0.1, 0.15) is 43.7 Å². The van der Waals surface area contributed by atoms with Crippen molar-refractivity contribution in [3.05, 3.63) is 17.5 Å². The Morgan fingerprint density at radius 1 is 1.56 bits per heavy atom. The molecule has 1 aliphatic heterocycles. The van der Waals surface area contributed by atoms with E-state index >= 15 is 0 Å². The predicted octanol–water partition coefficient (Wildman–Crippen LogP) is 0.949. The van der Waals surface area contributed by atoms with Crippen LogP contribution in [-0.2, 0) is 4.79 Å². The third kappa shape index (κ3) is 2.41. The Balaban J connectivity index is 2.07. The standard InChI is InChI=1S/C11H17N3O2/c1-7(2)10-5-8(14-16-10)9-6-13-11(15)3-4-12-9/h5,7,9,12H,3-4,6H2,1-2H3,(H,13,15). The molecule has 5 nitrogen and oxygen atoms in total. The Morgan fingerprint density at radius 3 is 3.06 bits per heavy atom. The van der Waals surface area contributed by atoms with Crippen molar-refractivity contribution >= 4 is 5.91 Å². The second-order valence-corrected chi connectivity index (χ2v) is 4.37. The van der Waals surface area contributed by atoms with Gasteiger partial charge in [-0.1, -0.05) is 19.0 Å². The number of carbonyl (C=O) groups excluding carboxylic acids is 1. The van der Waals surface area contributed by atoms with Crippen molar-refractivity contribution in [3.8, 4) is 0 Å². The molecular formula is C11H17N3O2. The number of rotatable bonds is 2. The zero-order valence-electron chi connectivity index (χ0n) is 9.62. The van der Waals surface area contributed by atoms with Gasteiger partial charge in [0.15, 0.2) is 0 Å². The van der Waals surface area contributed by atoms with Crippen LogP contribution in [0.4, 0.5) is 0 Å². The second kappa shape index (κ2) is 4.65. The highest BCUT2D eigenvalue weighted by Crippen LogP contribution is 2.19. The molecule has 0 aromatic carbocycles. The molecule has 5 heteroatoms. The maximum atomic E-state index is 11.2. The quantitative estimate of drug-likeness (QED) is 0.783. The van der Waals surface area contributed by atoms with Gasteiger partial charge in [-0.2, -0.15) is 0 Å². The zero-order valence-corrected chi connectivity index (χ0v) is 9.62. The van der Waals surface area contributed by atoms with E-state index < -0.39 is 0 Å². The molecule has 1 aromatic heterocycles. The van der Waals surface area contributed by atoms with E-state index in [-0.39, 0.29) is 11.9 Å². The summed E-state index contributed by atoms with van der Waals surface area (Å²) in [7, 11) is 0. The van der Waals surface area contributed by atoms with E-state index in [2.05, 4.69) is 29.6 Å². The fraction of sp³-hybridized carbons (Fsp3) is 0.636. The van der Waals surface area contributed by atoms with Crippen LogP contribution < -0.4 is 10.6 Å². The predicted molar refractivity (Wildman–Crippen MR) is 59.0 cm³/mol. The summed E-state index contributed by atoms with van der Waals surface area (Å²) in [6.45, 7) is 5.38. The molecule has 0 aliphatic carbocycles. The topological polar surface area (TPSA) is 67.2 Å². The van der Waals surface area contributed by atoms with Crippen molar-refractivity contribution in [1.29, 1.82) is 0 Å². The molecule has 1 fully saturated rings. The van der Waals surface area contributed by atoms with Crippen LogP contribution in [0.25, 0.3) is 0 Å². The zero-order chi connectivity index (χ0) is 11.5. The lowest BCUT2D eigenvalue weighted by atomic mass is 10.1. The number of amides is 1. The van der Waals surface area contributed by atoms with Crippen molar-refractivity contribution in [2.45, 2.75) is 32.2 Å². The highest BCUT2D eigenvalue weighted by Gasteiger charge is 2.20. The van der Waals surface area contributed by atoms with E-state index in [4.69, 9.17) is 4.52 Å². The SMILES string of the molecule is CC(C)c1cc(C2CNC(=O)CCN2)no1. The first-order valence-corrected chi connectivity index (χ1v) is 5.63. The lowest BCUT2D eigenvalue weighted by Crippen LogP contribution is -2.29. The van der Waals surface area contributed by atoms with Crippen LogP contribution in [0, 0.1) is 0 Å². The van der Waals surface area contributed by atoms with Gasteiger partial charge in [0.2, 0.25) is 5.91 Å². The molecule has 1 aromatic rings. The summed E-state index contributed by atoms with van der Waals surface area (Å²) in [6.07, 6.45) is 0.519. The van der Waals surface area contributed by atoms with E-state index in [1.807, 2.05) is 6.07 Å². The Labute approximate surface area is 94.6 Å². The normalized spacial score (nSPS) is 21.9. The summed E-state index contributed by atoms with van der Waals surface area (Å²) < 4.78 is 5.24. The Morgan fingerprint density at radius 2 is 2.38 bits per heavy atom. The van der Waals surface area contributed by atoms with Gasteiger partial charge in [-0.05, 0) is 0 Å². The molecular weight excluding hydrogens is 206 g/mol. The molecule has 1 atom stereocenters. The Kier molecular flexibility index (Phi) is 3.24. The molecule has 2 N–H and O–H groups in total. The average Bonchev–Trinajstić information content (AvgIpc) is 2.63. The molecule has 1 unspecified atom stereocenters. The van der Waals surface area contributed by atoms with Crippen LogP contribution in [0.15, 0.2) is 10.6 Å². The van der Waals surface area contributed by atoms with Gasteiger partial charge in [-0.3, -0.25) is 4.79 Å². The van der Waals surface area contributed by atoms with Crippen LogP contribution >= 0.6 is 0 Å². The number of hydrogen-bond acceptors (Lipinski definition) is 4. The number of nitrogens with one attached hydrogen (secondary N) is 2. The van der Waals surface area contributed by atoms with Crippen molar-refractivity contribution in [2.24, 2.45) is 0 Å². The van der Waals surface area contributed by atoms with Gasteiger partial charge in [0.1, 0.15) is 11.5 Å². The van der Waals surface area contributed by atoms with Gasteiger partial charge >= 0.3 is 0 Å². The van der Waals surface area contributed by atoms with Crippen LogP contribution in [0.5, 0.6) is 0 Å². The summed E-state index contributed by atoms with van der Waals surface area (Å²) in [5, 5.41) is 10.2. The number of hydrogen-bond donors (Lipinski definition) is 2. The minimum absolute atomic E-state index is 0.0581. The van der Waals surface area contributed by atoms with Gasteiger partial charge in [0, 0.05) is 31.5 Å². The molecule has 1 amide bonds. The summed E-state index contributed by atoms with van der Waals surface area (Å²) in [5.41, 5.74) is 0.867.